The van der Waals surface area contributed by atoms with Gasteiger partial charge in [-0.3, -0.25) is 4.79 Å². The summed E-state index contributed by atoms with van der Waals surface area (Å²) in [5, 5.41) is 3.22. The van der Waals surface area contributed by atoms with E-state index in [1.54, 1.807) is 0 Å². The average Bonchev–Trinajstić information content (AvgIpc) is 2.66. The van der Waals surface area contributed by atoms with Crippen molar-refractivity contribution >= 4 is 5.91 Å². The Morgan fingerprint density at radius 3 is 2.55 bits per heavy atom. The number of fused-ring (bicyclic) bond motifs is 1. The summed E-state index contributed by atoms with van der Waals surface area (Å²) in [6, 6.07) is 8.31. The standard InChI is InChI=1S/C17H24N2O/c18-15-11-13-9-5-6-10-14(13)16(15)19-17(20)12-7-3-1-2-4-8-12/h5-6,9-10,12,15-16H,1-4,7-8,11,18H2,(H,19,20). The number of benzene rings is 1. The Morgan fingerprint density at radius 2 is 1.80 bits per heavy atom. The van der Waals surface area contributed by atoms with Crippen molar-refractivity contribution in [3.05, 3.63) is 35.4 Å². The van der Waals surface area contributed by atoms with Crippen LogP contribution >= 0.6 is 0 Å². The normalized spacial score (nSPS) is 26.9. The van der Waals surface area contributed by atoms with Crippen molar-refractivity contribution in [2.75, 3.05) is 0 Å². The lowest BCUT2D eigenvalue weighted by molar-refractivity contribution is -0.126. The Balaban J connectivity index is 1.69. The molecule has 0 radical (unpaired) electrons. The van der Waals surface area contributed by atoms with Crippen LogP contribution in [0.1, 0.15) is 55.7 Å². The van der Waals surface area contributed by atoms with Gasteiger partial charge in [0, 0.05) is 12.0 Å². The van der Waals surface area contributed by atoms with Crippen LogP contribution in [-0.4, -0.2) is 11.9 Å². The van der Waals surface area contributed by atoms with E-state index in [9.17, 15) is 4.79 Å². The summed E-state index contributed by atoms with van der Waals surface area (Å²) in [5.41, 5.74) is 8.72. The lowest BCUT2D eigenvalue weighted by Gasteiger charge is -2.22. The zero-order valence-electron chi connectivity index (χ0n) is 12.0. The van der Waals surface area contributed by atoms with Crippen molar-refractivity contribution in [2.45, 2.75) is 57.0 Å². The number of hydrogen-bond acceptors (Lipinski definition) is 2. The van der Waals surface area contributed by atoms with Crippen LogP contribution in [0.2, 0.25) is 0 Å². The Kier molecular flexibility index (Phi) is 4.06. The molecule has 2 atom stereocenters. The fourth-order valence-electron chi connectivity index (χ4n) is 3.62. The number of nitrogens with one attached hydrogen (secondary N) is 1. The second-order valence-electron chi connectivity index (χ2n) is 6.24. The van der Waals surface area contributed by atoms with Crippen molar-refractivity contribution in [1.82, 2.24) is 5.32 Å². The molecule has 3 rings (SSSR count). The minimum Gasteiger partial charge on any atom is -0.347 e. The fourth-order valence-corrected chi connectivity index (χ4v) is 3.62. The third-order valence-corrected chi connectivity index (χ3v) is 4.80. The minimum atomic E-state index is 0.00181. The molecule has 2 aliphatic carbocycles. The molecule has 1 amide bonds. The highest BCUT2D eigenvalue weighted by atomic mass is 16.1. The predicted octanol–water partition coefficient (Wildman–Crippen LogP) is 2.70. The summed E-state index contributed by atoms with van der Waals surface area (Å²) in [6.45, 7) is 0. The highest BCUT2D eigenvalue weighted by Crippen LogP contribution is 2.31. The smallest absolute Gasteiger partial charge is 0.223 e. The maximum Gasteiger partial charge on any atom is 0.223 e. The van der Waals surface area contributed by atoms with E-state index >= 15 is 0 Å². The van der Waals surface area contributed by atoms with Crippen LogP contribution in [0.5, 0.6) is 0 Å². The number of carbonyl (C=O) groups excluding carboxylic acids is 1. The number of amides is 1. The summed E-state index contributed by atoms with van der Waals surface area (Å²) in [7, 11) is 0. The Morgan fingerprint density at radius 1 is 1.10 bits per heavy atom. The number of nitrogens with two attached hydrogens (primary N) is 1. The molecule has 2 aliphatic rings. The molecule has 2 unspecified atom stereocenters. The van der Waals surface area contributed by atoms with Gasteiger partial charge in [-0.2, -0.15) is 0 Å². The van der Waals surface area contributed by atoms with Crippen LogP contribution in [-0.2, 0) is 11.2 Å². The van der Waals surface area contributed by atoms with E-state index < -0.39 is 0 Å². The van der Waals surface area contributed by atoms with E-state index in [0.717, 1.165) is 19.3 Å². The molecule has 108 valence electrons. The van der Waals surface area contributed by atoms with Gasteiger partial charge >= 0.3 is 0 Å². The van der Waals surface area contributed by atoms with Gasteiger partial charge < -0.3 is 11.1 Å². The van der Waals surface area contributed by atoms with Gasteiger partial charge in [0.2, 0.25) is 5.91 Å². The molecule has 1 saturated carbocycles. The molecule has 0 saturated heterocycles. The third kappa shape index (κ3) is 2.73. The first-order chi connectivity index (χ1) is 9.75. The molecule has 3 heteroatoms. The third-order valence-electron chi connectivity index (χ3n) is 4.80. The molecular weight excluding hydrogens is 248 g/mol. The molecule has 1 aromatic rings. The molecule has 3 nitrogen and oxygen atoms in total. The van der Waals surface area contributed by atoms with Crippen LogP contribution < -0.4 is 11.1 Å². The molecule has 1 aromatic carbocycles. The number of carbonyl (C=O) groups is 1. The van der Waals surface area contributed by atoms with Gasteiger partial charge in [0.05, 0.1) is 6.04 Å². The predicted molar refractivity (Wildman–Crippen MR) is 80.2 cm³/mol. The van der Waals surface area contributed by atoms with Gasteiger partial charge in [-0.05, 0) is 30.4 Å². The van der Waals surface area contributed by atoms with Crippen molar-refractivity contribution in [2.24, 2.45) is 11.7 Å². The van der Waals surface area contributed by atoms with Gasteiger partial charge in [0.15, 0.2) is 0 Å². The fraction of sp³-hybridized carbons (Fsp3) is 0.588. The summed E-state index contributed by atoms with van der Waals surface area (Å²) < 4.78 is 0. The second kappa shape index (κ2) is 5.96. The minimum absolute atomic E-state index is 0.00181. The molecule has 20 heavy (non-hydrogen) atoms. The van der Waals surface area contributed by atoms with E-state index in [2.05, 4.69) is 17.4 Å². The van der Waals surface area contributed by atoms with Gasteiger partial charge in [-0.1, -0.05) is 49.9 Å². The lowest BCUT2D eigenvalue weighted by Crippen LogP contribution is -2.41. The van der Waals surface area contributed by atoms with Gasteiger partial charge in [-0.25, -0.2) is 0 Å². The molecule has 0 bridgehead atoms. The lowest BCUT2D eigenvalue weighted by atomic mass is 9.98. The van der Waals surface area contributed by atoms with Crippen LogP contribution in [0.4, 0.5) is 0 Å². The quantitative estimate of drug-likeness (QED) is 0.813. The largest absolute Gasteiger partial charge is 0.347 e. The zero-order valence-corrected chi connectivity index (χ0v) is 12.0. The van der Waals surface area contributed by atoms with Gasteiger partial charge in [0.1, 0.15) is 0 Å². The average molecular weight is 272 g/mol. The van der Waals surface area contributed by atoms with Crippen LogP contribution in [0.25, 0.3) is 0 Å². The summed E-state index contributed by atoms with van der Waals surface area (Å²) >= 11 is 0. The van der Waals surface area contributed by atoms with Crippen molar-refractivity contribution in [3.63, 3.8) is 0 Å². The van der Waals surface area contributed by atoms with Crippen molar-refractivity contribution < 1.29 is 4.79 Å². The second-order valence-corrected chi connectivity index (χ2v) is 6.24. The highest BCUT2D eigenvalue weighted by molar-refractivity contribution is 5.79. The molecule has 3 N–H and O–H groups in total. The van der Waals surface area contributed by atoms with Gasteiger partial charge in [0.25, 0.3) is 0 Å². The van der Waals surface area contributed by atoms with Crippen LogP contribution in [0.3, 0.4) is 0 Å². The van der Waals surface area contributed by atoms with E-state index in [1.807, 2.05) is 12.1 Å². The first kappa shape index (κ1) is 13.6. The first-order valence-electron chi connectivity index (χ1n) is 7.89. The monoisotopic (exact) mass is 272 g/mol. The maximum atomic E-state index is 12.5. The Hall–Kier alpha value is -1.35. The van der Waals surface area contributed by atoms with E-state index in [0.29, 0.717) is 0 Å². The Labute approximate surface area is 120 Å². The number of rotatable bonds is 2. The molecular formula is C17H24N2O. The zero-order chi connectivity index (χ0) is 13.9. The van der Waals surface area contributed by atoms with Crippen molar-refractivity contribution in [1.29, 1.82) is 0 Å². The topological polar surface area (TPSA) is 55.1 Å². The summed E-state index contributed by atoms with van der Waals surface area (Å²) in [5.74, 6) is 0.404. The van der Waals surface area contributed by atoms with E-state index in [4.69, 9.17) is 5.73 Å². The van der Waals surface area contributed by atoms with E-state index in [1.165, 1.54) is 36.8 Å². The molecule has 0 aliphatic heterocycles. The first-order valence-corrected chi connectivity index (χ1v) is 7.89. The summed E-state index contributed by atoms with van der Waals surface area (Å²) in [6.07, 6.45) is 7.86. The molecule has 1 fully saturated rings. The van der Waals surface area contributed by atoms with Crippen molar-refractivity contribution in [3.8, 4) is 0 Å². The number of hydrogen-bond donors (Lipinski definition) is 2. The maximum absolute atomic E-state index is 12.5. The molecule has 0 heterocycles. The van der Waals surface area contributed by atoms with Crippen LogP contribution in [0, 0.1) is 5.92 Å². The molecule has 0 spiro atoms. The highest BCUT2D eigenvalue weighted by Gasteiger charge is 2.32. The Bertz CT molecular complexity index is 478. The SMILES string of the molecule is NC1Cc2ccccc2C1NC(=O)C1CCCCCC1. The molecule has 0 aromatic heterocycles. The summed E-state index contributed by atoms with van der Waals surface area (Å²) in [4.78, 5) is 12.5. The van der Waals surface area contributed by atoms with Crippen LogP contribution in [0.15, 0.2) is 24.3 Å². The van der Waals surface area contributed by atoms with Gasteiger partial charge in [-0.15, -0.1) is 0 Å². The van der Waals surface area contributed by atoms with E-state index in [-0.39, 0.29) is 23.9 Å².